The standard InChI is InChI=1S/C8H16O5/c1-2-7(12)13-6-8(3-9,4-10)5-11/h9-11H,2-6H2,1H3. The molecule has 0 saturated heterocycles. The summed E-state index contributed by atoms with van der Waals surface area (Å²) in [5.74, 6) is -0.417. The zero-order chi connectivity index (χ0) is 10.3. The van der Waals surface area contributed by atoms with Gasteiger partial charge in [0.05, 0.1) is 25.2 Å². The normalized spacial score (nSPS) is 11.4. The largest absolute Gasteiger partial charge is 0.465 e. The Morgan fingerprint density at radius 3 is 2.00 bits per heavy atom. The summed E-state index contributed by atoms with van der Waals surface area (Å²) in [6.45, 7) is 0.217. The number of hydrogen-bond acceptors (Lipinski definition) is 5. The number of aliphatic hydroxyl groups excluding tert-OH is 3. The third-order valence-electron chi connectivity index (χ3n) is 1.83. The number of carbonyl (C=O) groups excluding carboxylic acids is 1. The highest BCUT2D eigenvalue weighted by Gasteiger charge is 2.29. The highest BCUT2D eigenvalue weighted by Crippen LogP contribution is 2.15. The van der Waals surface area contributed by atoms with E-state index in [1.165, 1.54) is 0 Å². The zero-order valence-electron chi connectivity index (χ0n) is 7.69. The maximum atomic E-state index is 10.7. The van der Waals surface area contributed by atoms with E-state index in [1.807, 2.05) is 0 Å². The number of carbonyl (C=O) groups is 1. The van der Waals surface area contributed by atoms with Crippen molar-refractivity contribution in [2.24, 2.45) is 5.41 Å². The summed E-state index contributed by atoms with van der Waals surface area (Å²) in [7, 11) is 0. The molecular weight excluding hydrogens is 176 g/mol. The van der Waals surface area contributed by atoms with Gasteiger partial charge in [0.15, 0.2) is 0 Å². The first-order chi connectivity index (χ1) is 6.14. The molecular formula is C8H16O5. The Bertz CT molecular complexity index is 144. The highest BCUT2D eigenvalue weighted by atomic mass is 16.5. The Balaban J connectivity index is 4.02. The van der Waals surface area contributed by atoms with Crippen LogP contribution in [0.25, 0.3) is 0 Å². The number of aliphatic hydroxyl groups is 3. The van der Waals surface area contributed by atoms with E-state index in [9.17, 15) is 4.79 Å². The number of esters is 1. The van der Waals surface area contributed by atoms with Gasteiger partial charge in [0.25, 0.3) is 0 Å². The second kappa shape index (κ2) is 5.90. The van der Waals surface area contributed by atoms with Crippen molar-refractivity contribution in [3.63, 3.8) is 0 Å². The van der Waals surface area contributed by atoms with E-state index in [1.54, 1.807) is 6.92 Å². The number of hydrogen-bond donors (Lipinski definition) is 3. The van der Waals surface area contributed by atoms with Crippen molar-refractivity contribution in [2.45, 2.75) is 13.3 Å². The fraction of sp³-hybridized carbons (Fsp3) is 0.875. The molecule has 0 spiro atoms. The van der Waals surface area contributed by atoms with Gasteiger partial charge < -0.3 is 20.1 Å². The quantitative estimate of drug-likeness (QED) is 0.465. The van der Waals surface area contributed by atoms with Gasteiger partial charge in [0, 0.05) is 6.42 Å². The lowest BCUT2D eigenvalue weighted by Crippen LogP contribution is -2.39. The summed E-state index contributed by atoms with van der Waals surface area (Å²) >= 11 is 0. The average Bonchev–Trinajstić information content (AvgIpc) is 2.20. The molecule has 0 radical (unpaired) electrons. The molecule has 0 aromatic rings. The summed E-state index contributed by atoms with van der Waals surface area (Å²) in [5, 5.41) is 26.6. The third kappa shape index (κ3) is 3.71. The van der Waals surface area contributed by atoms with E-state index in [2.05, 4.69) is 0 Å². The van der Waals surface area contributed by atoms with Crippen LogP contribution in [0.5, 0.6) is 0 Å². The Morgan fingerprint density at radius 2 is 1.69 bits per heavy atom. The summed E-state index contributed by atoms with van der Waals surface area (Å²) < 4.78 is 4.71. The highest BCUT2D eigenvalue weighted by molar-refractivity contribution is 5.68. The second-order valence-corrected chi connectivity index (χ2v) is 2.99. The molecule has 0 saturated carbocycles. The Morgan fingerprint density at radius 1 is 1.23 bits per heavy atom. The third-order valence-corrected chi connectivity index (χ3v) is 1.83. The zero-order valence-corrected chi connectivity index (χ0v) is 7.69. The van der Waals surface area contributed by atoms with Crippen LogP contribution in [0.15, 0.2) is 0 Å². The molecule has 0 aromatic heterocycles. The van der Waals surface area contributed by atoms with Crippen LogP contribution in [0.2, 0.25) is 0 Å². The van der Waals surface area contributed by atoms with Crippen LogP contribution >= 0.6 is 0 Å². The lowest BCUT2D eigenvalue weighted by Gasteiger charge is -2.26. The van der Waals surface area contributed by atoms with Gasteiger partial charge in [-0.25, -0.2) is 0 Å². The first kappa shape index (κ1) is 12.3. The minimum absolute atomic E-state index is 0.164. The molecule has 0 atom stereocenters. The van der Waals surface area contributed by atoms with Gasteiger partial charge in [0.2, 0.25) is 0 Å². The molecule has 0 aliphatic carbocycles. The van der Waals surface area contributed by atoms with Gasteiger partial charge in [-0.15, -0.1) is 0 Å². The van der Waals surface area contributed by atoms with Gasteiger partial charge in [-0.3, -0.25) is 4.79 Å². The molecule has 0 heterocycles. The molecule has 5 nitrogen and oxygen atoms in total. The lowest BCUT2D eigenvalue weighted by atomic mass is 9.93. The molecule has 0 unspecified atom stereocenters. The van der Waals surface area contributed by atoms with Crippen LogP contribution in [0.4, 0.5) is 0 Å². The van der Waals surface area contributed by atoms with Crippen LogP contribution in [0, 0.1) is 5.41 Å². The van der Waals surface area contributed by atoms with Crippen molar-refractivity contribution < 1.29 is 24.9 Å². The molecule has 5 heteroatoms. The van der Waals surface area contributed by atoms with Crippen molar-refractivity contribution in [1.82, 2.24) is 0 Å². The molecule has 0 bridgehead atoms. The van der Waals surface area contributed by atoms with Crippen LogP contribution in [0.3, 0.4) is 0 Å². The van der Waals surface area contributed by atoms with Crippen molar-refractivity contribution in [3.8, 4) is 0 Å². The van der Waals surface area contributed by atoms with Crippen molar-refractivity contribution in [1.29, 1.82) is 0 Å². The van der Waals surface area contributed by atoms with Gasteiger partial charge in [0.1, 0.15) is 6.61 Å². The Hall–Kier alpha value is -0.650. The maximum Gasteiger partial charge on any atom is 0.305 e. The SMILES string of the molecule is CCC(=O)OCC(CO)(CO)CO. The summed E-state index contributed by atoms with van der Waals surface area (Å²) in [6, 6.07) is 0. The average molecular weight is 192 g/mol. The molecule has 0 rings (SSSR count). The smallest absolute Gasteiger partial charge is 0.305 e. The molecule has 0 aliphatic rings. The minimum atomic E-state index is -1.12. The monoisotopic (exact) mass is 192 g/mol. The minimum Gasteiger partial charge on any atom is -0.465 e. The fourth-order valence-electron chi connectivity index (χ4n) is 0.623. The van der Waals surface area contributed by atoms with Gasteiger partial charge in [-0.05, 0) is 0 Å². The predicted octanol–water partition coefficient (Wildman–Crippen LogP) is -1.10. The topological polar surface area (TPSA) is 87.0 Å². The van der Waals surface area contributed by atoms with Crippen LogP contribution in [-0.2, 0) is 9.53 Å². The van der Waals surface area contributed by atoms with Gasteiger partial charge >= 0.3 is 5.97 Å². The Labute approximate surface area is 77.0 Å². The number of rotatable bonds is 6. The van der Waals surface area contributed by atoms with Crippen LogP contribution < -0.4 is 0 Å². The Kier molecular flexibility index (Phi) is 5.61. The van der Waals surface area contributed by atoms with E-state index in [-0.39, 0.29) is 13.0 Å². The molecule has 0 aliphatic heterocycles. The number of ether oxygens (including phenoxy) is 1. The maximum absolute atomic E-state index is 10.7. The first-order valence-electron chi connectivity index (χ1n) is 4.12. The first-order valence-corrected chi connectivity index (χ1v) is 4.12. The predicted molar refractivity (Wildman–Crippen MR) is 44.9 cm³/mol. The van der Waals surface area contributed by atoms with Crippen LogP contribution in [-0.4, -0.2) is 47.7 Å². The molecule has 0 amide bonds. The van der Waals surface area contributed by atoms with Crippen LogP contribution in [0.1, 0.15) is 13.3 Å². The van der Waals surface area contributed by atoms with Gasteiger partial charge in [-0.1, -0.05) is 6.92 Å². The van der Waals surface area contributed by atoms with E-state index >= 15 is 0 Å². The van der Waals surface area contributed by atoms with Crippen molar-refractivity contribution >= 4 is 5.97 Å². The summed E-state index contributed by atoms with van der Waals surface area (Å²) in [6.07, 6.45) is 0.234. The molecule has 0 aromatic carbocycles. The van der Waals surface area contributed by atoms with E-state index in [0.717, 1.165) is 0 Å². The fourth-order valence-corrected chi connectivity index (χ4v) is 0.623. The lowest BCUT2D eigenvalue weighted by molar-refractivity contribution is -0.150. The van der Waals surface area contributed by atoms with E-state index in [4.69, 9.17) is 20.1 Å². The molecule has 0 fully saturated rings. The second-order valence-electron chi connectivity index (χ2n) is 2.99. The molecule has 3 N–H and O–H groups in total. The van der Waals surface area contributed by atoms with Gasteiger partial charge in [-0.2, -0.15) is 0 Å². The summed E-state index contributed by atoms with van der Waals surface area (Å²) in [5.41, 5.74) is -1.12. The molecule has 78 valence electrons. The summed E-state index contributed by atoms with van der Waals surface area (Å²) in [4.78, 5) is 10.7. The van der Waals surface area contributed by atoms with E-state index < -0.39 is 31.2 Å². The molecule has 13 heavy (non-hydrogen) atoms. The van der Waals surface area contributed by atoms with Crippen molar-refractivity contribution in [2.75, 3.05) is 26.4 Å². The van der Waals surface area contributed by atoms with E-state index in [0.29, 0.717) is 0 Å². The van der Waals surface area contributed by atoms with Crippen molar-refractivity contribution in [3.05, 3.63) is 0 Å².